The lowest BCUT2D eigenvalue weighted by Crippen LogP contribution is -2.28. The number of nitrogens with zero attached hydrogens (tertiary/aromatic N) is 4. The van der Waals surface area contributed by atoms with Gasteiger partial charge < -0.3 is 14.4 Å². The number of carbonyl (C=O) groups excluding carboxylic acids is 2. The Morgan fingerprint density at radius 1 is 1.33 bits per heavy atom. The zero-order valence-corrected chi connectivity index (χ0v) is 18.3. The molecule has 1 aliphatic heterocycles. The maximum atomic E-state index is 15.5. The SMILES string of the molecule is [2H]C([2H])([2H])Oc1nnc(NC(=O)c2cc3c(cc2-c2c(OC([2H])([2H])[2H])cnc(Cl)c2F)C2(CC2)C(=O)N3C)s1. The van der Waals surface area contributed by atoms with E-state index in [1.165, 1.54) is 17.0 Å². The van der Waals surface area contributed by atoms with Crippen molar-refractivity contribution in [3.8, 4) is 22.1 Å². The van der Waals surface area contributed by atoms with Crippen molar-refractivity contribution in [2.75, 3.05) is 31.3 Å². The van der Waals surface area contributed by atoms with E-state index in [2.05, 4.69) is 25.2 Å². The predicted molar refractivity (Wildman–Crippen MR) is 120 cm³/mol. The number of anilines is 2. The molecule has 1 fully saturated rings. The van der Waals surface area contributed by atoms with E-state index in [-0.39, 0.29) is 27.4 Å². The quantitative estimate of drug-likeness (QED) is 0.538. The van der Waals surface area contributed by atoms with Crippen LogP contribution in [0, 0.1) is 5.82 Å². The van der Waals surface area contributed by atoms with Crippen molar-refractivity contribution in [3.63, 3.8) is 0 Å². The van der Waals surface area contributed by atoms with E-state index in [0.717, 1.165) is 6.20 Å². The minimum atomic E-state index is -2.99. The van der Waals surface area contributed by atoms with Crippen LogP contribution in [0.4, 0.5) is 15.2 Å². The standard InChI is InChI=1S/C21H17ClFN5O4S/c1-28-12-7-10(17(29)25-19-26-27-20(32-3)33-19)9(6-11(12)21(4-5-21)18(28)30)14-13(31-2)8-24-16(22)15(14)23/h6-8H,4-5H2,1-3H3,(H,25,26,29)/i2D3,3D3. The highest BCUT2D eigenvalue weighted by Gasteiger charge is 2.58. The van der Waals surface area contributed by atoms with Crippen molar-refractivity contribution in [1.82, 2.24) is 15.2 Å². The average Bonchev–Trinajstić information content (AvgIpc) is 3.48. The number of ether oxygens (including phenoxy) is 2. The average molecular weight is 496 g/mol. The van der Waals surface area contributed by atoms with Crippen molar-refractivity contribution in [2.24, 2.45) is 0 Å². The van der Waals surface area contributed by atoms with Crippen molar-refractivity contribution < 1.29 is 31.7 Å². The smallest absolute Gasteiger partial charge is 0.295 e. The molecule has 0 atom stereocenters. The Kier molecular flexibility index (Phi) is 3.59. The number of methoxy groups -OCH3 is 2. The van der Waals surface area contributed by atoms with E-state index in [9.17, 15) is 9.59 Å². The number of hydrogen-bond donors (Lipinski definition) is 1. The van der Waals surface area contributed by atoms with Crippen LogP contribution >= 0.6 is 22.9 Å². The molecule has 0 bridgehead atoms. The molecular formula is C21H17ClFN5O4S. The Morgan fingerprint density at radius 2 is 2.12 bits per heavy atom. The molecule has 0 saturated heterocycles. The molecule has 1 saturated carbocycles. The zero-order valence-electron chi connectivity index (χ0n) is 22.7. The maximum absolute atomic E-state index is 15.5. The van der Waals surface area contributed by atoms with Gasteiger partial charge >= 0.3 is 0 Å². The monoisotopic (exact) mass is 495 g/mol. The first-order chi connectivity index (χ1) is 18.1. The highest BCUT2D eigenvalue weighted by atomic mass is 35.5. The van der Waals surface area contributed by atoms with E-state index in [1.807, 2.05) is 0 Å². The van der Waals surface area contributed by atoms with Crippen LogP contribution in [-0.2, 0) is 10.2 Å². The van der Waals surface area contributed by atoms with Crippen LogP contribution < -0.4 is 19.7 Å². The Labute approximate surface area is 204 Å². The highest BCUT2D eigenvalue weighted by Crippen LogP contribution is 2.58. The summed E-state index contributed by atoms with van der Waals surface area (Å²) in [6, 6.07) is 2.82. The number of carbonyl (C=O) groups is 2. The van der Waals surface area contributed by atoms with Gasteiger partial charge in [-0.25, -0.2) is 9.37 Å². The fourth-order valence-electron chi connectivity index (χ4n) is 4.04. The number of benzene rings is 1. The Hall–Kier alpha value is -3.31. The summed E-state index contributed by atoms with van der Waals surface area (Å²) in [5.41, 5.74) is -0.610. The summed E-state index contributed by atoms with van der Waals surface area (Å²) in [5.74, 6) is -2.69. The van der Waals surface area contributed by atoms with E-state index < -0.39 is 47.7 Å². The Balaban J connectivity index is 1.66. The van der Waals surface area contributed by atoms with Gasteiger partial charge in [-0.15, -0.1) is 5.10 Å². The molecule has 12 heteroatoms. The molecule has 1 spiro atoms. The van der Waals surface area contributed by atoms with E-state index >= 15 is 4.39 Å². The molecule has 3 aromatic rings. The van der Waals surface area contributed by atoms with Crippen LogP contribution in [0.5, 0.6) is 10.9 Å². The third-order valence-electron chi connectivity index (χ3n) is 5.76. The summed E-state index contributed by atoms with van der Waals surface area (Å²) in [6.07, 6.45) is 2.02. The first kappa shape index (κ1) is 15.5. The minimum Gasteiger partial charge on any atom is -0.494 e. The van der Waals surface area contributed by atoms with Gasteiger partial charge in [0, 0.05) is 23.9 Å². The Morgan fingerprint density at radius 3 is 2.85 bits per heavy atom. The molecule has 9 nitrogen and oxygen atoms in total. The summed E-state index contributed by atoms with van der Waals surface area (Å²) in [7, 11) is -4.23. The third-order valence-corrected chi connectivity index (χ3v) is 6.74. The fourth-order valence-corrected chi connectivity index (χ4v) is 4.70. The van der Waals surface area contributed by atoms with Gasteiger partial charge in [-0.3, -0.25) is 14.9 Å². The van der Waals surface area contributed by atoms with Crippen molar-refractivity contribution in [1.29, 1.82) is 0 Å². The van der Waals surface area contributed by atoms with Gasteiger partial charge in [-0.1, -0.05) is 16.7 Å². The van der Waals surface area contributed by atoms with Crippen LogP contribution in [0.3, 0.4) is 0 Å². The molecular weight excluding hydrogens is 473 g/mol. The topological polar surface area (TPSA) is 107 Å². The fraction of sp³-hybridized carbons (Fsp3) is 0.286. The van der Waals surface area contributed by atoms with Gasteiger partial charge in [-0.2, -0.15) is 0 Å². The van der Waals surface area contributed by atoms with E-state index in [4.69, 9.17) is 24.6 Å². The number of nitrogens with one attached hydrogen (secondary N) is 1. The largest absolute Gasteiger partial charge is 0.494 e. The van der Waals surface area contributed by atoms with Crippen LogP contribution in [-0.4, -0.2) is 48.1 Å². The molecule has 2 aromatic heterocycles. The number of amides is 2. The van der Waals surface area contributed by atoms with Gasteiger partial charge in [0.2, 0.25) is 11.0 Å². The summed E-state index contributed by atoms with van der Waals surface area (Å²) >= 11 is 6.57. The molecule has 0 radical (unpaired) electrons. The summed E-state index contributed by atoms with van der Waals surface area (Å²) < 4.78 is 69.1. The second kappa shape index (κ2) is 7.63. The molecule has 0 unspecified atom stereocenters. The lowest BCUT2D eigenvalue weighted by molar-refractivity contribution is -0.119. The van der Waals surface area contributed by atoms with Gasteiger partial charge in [0.15, 0.2) is 11.0 Å². The number of halogens is 2. The summed E-state index contributed by atoms with van der Waals surface area (Å²) in [5, 5.41) is 8.64. The molecule has 2 aliphatic rings. The molecule has 1 N–H and O–H groups in total. The minimum absolute atomic E-state index is 0.106. The number of pyridine rings is 1. The number of likely N-dealkylation sites (N-methyl/N-ethyl adjacent to an activating group) is 1. The molecule has 5 rings (SSSR count). The van der Waals surface area contributed by atoms with Crippen LogP contribution in [0.2, 0.25) is 5.15 Å². The second-order valence-corrected chi connectivity index (χ2v) is 8.79. The van der Waals surface area contributed by atoms with Crippen molar-refractivity contribution >= 4 is 45.6 Å². The Bertz CT molecular complexity index is 1530. The van der Waals surface area contributed by atoms with Crippen LogP contribution in [0.1, 0.15) is 37.0 Å². The molecule has 3 heterocycles. The number of fused-ring (bicyclic) bond motifs is 2. The maximum Gasteiger partial charge on any atom is 0.295 e. The van der Waals surface area contributed by atoms with Crippen molar-refractivity contribution in [2.45, 2.75) is 18.3 Å². The molecule has 170 valence electrons. The molecule has 33 heavy (non-hydrogen) atoms. The lowest BCUT2D eigenvalue weighted by atomic mass is 9.90. The van der Waals surface area contributed by atoms with Gasteiger partial charge in [0.05, 0.1) is 39.5 Å². The summed E-state index contributed by atoms with van der Waals surface area (Å²) in [4.78, 5) is 31.5. The first-order valence-electron chi connectivity index (χ1n) is 12.4. The third kappa shape index (κ3) is 3.22. The molecule has 2 amide bonds. The lowest BCUT2D eigenvalue weighted by Gasteiger charge is -2.17. The van der Waals surface area contributed by atoms with Gasteiger partial charge in [0.1, 0.15) is 5.75 Å². The number of hydrogen-bond acceptors (Lipinski definition) is 8. The molecule has 1 aliphatic carbocycles. The van der Waals surface area contributed by atoms with E-state index in [0.29, 0.717) is 35.4 Å². The van der Waals surface area contributed by atoms with Gasteiger partial charge in [-0.05, 0) is 41.9 Å². The number of aromatic nitrogens is 3. The highest BCUT2D eigenvalue weighted by molar-refractivity contribution is 7.17. The summed E-state index contributed by atoms with van der Waals surface area (Å²) in [6.45, 7) is 0. The predicted octanol–water partition coefficient (Wildman–Crippen LogP) is 3.67. The normalized spacial score (nSPS) is 19.0. The number of rotatable bonds is 5. The van der Waals surface area contributed by atoms with Crippen LogP contribution in [0.15, 0.2) is 18.3 Å². The first-order valence-corrected chi connectivity index (χ1v) is 10.6. The van der Waals surface area contributed by atoms with Gasteiger partial charge in [0.25, 0.3) is 11.1 Å². The molecule has 1 aromatic carbocycles. The second-order valence-electron chi connectivity index (χ2n) is 7.49. The van der Waals surface area contributed by atoms with E-state index in [1.54, 1.807) is 7.05 Å². The van der Waals surface area contributed by atoms with Crippen LogP contribution in [0.25, 0.3) is 11.1 Å². The zero-order chi connectivity index (χ0) is 28.5. The van der Waals surface area contributed by atoms with Crippen molar-refractivity contribution in [3.05, 3.63) is 40.4 Å².